The highest BCUT2D eigenvalue weighted by Crippen LogP contribution is 2.32. The van der Waals surface area contributed by atoms with Gasteiger partial charge in [-0.1, -0.05) is 55.1 Å². The summed E-state index contributed by atoms with van der Waals surface area (Å²) in [6.45, 7) is 4.13. The molecule has 3 rings (SSSR count). The molecule has 0 bridgehead atoms. The van der Waals surface area contributed by atoms with Crippen LogP contribution < -0.4 is 0 Å². The number of carbonyl (C=O) groups is 1. The Labute approximate surface area is 149 Å². The van der Waals surface area contributed by atoms with Gasteiger partial charge in [0.1, 0.15) is 6.61 Å². The van der Waals surface area contributed by atoms with E-state index >= 15 is 0 Å². The first-order valence-electron chi connectivity index (χ1n) is 7.34. The Hall–Kier alpha value is -2.04. The number of hydrogen-bond donors (Lipinski definition) is 0. The summed E-state index contributed by atoms with van der Waals surface area (Å²) in [6.07, 6.45) is 0.261. The molecule has 1 aliphatic rings. The summed E-state index contributed by atoms with van der Waals surface area (Å²) in [4.78, 5) is 13.9. The Morgan fingerprint density at radius 2 is 1.91 bits per heavy atom. The number of nitrogens with zero attached hydrogens (tertiary/aromatic N) is 1. The van der Waals surface area contributed by atoms with Crippen LogP contribution in [0.4, 0.5) is 4.79 Å². The summed E-state index contributed by atoms with van der Waals surface area (Å²) < 4.78 is 6.43. The van der Waals surface area contributed by atoms with Crippen molar-refractivity contribution in [3.05, 3.63) is 87.3 Å². The third-order valence-corrected chi connectivity index (χ3v) is 4.92. The molecule has 1 amide bonds. The van der Waals surface area contributed by atoms with E-state index in [4.69, 9.17) is 4.74 Å². The van der Waals surface area contributed by atoms with E-state index in [2.05, 4.69) is 41.0 Å². The van der Waals surface area contributed by atoms with Crippen molar-refractivity contribution in [2.24, 2.45) is 0 Å². The summed E-state index contributed by atoms with van der Waals surface area (Å²) in [5.74, 6) is 0. The van der Waals surface area contributed by atoms with Crippen LogP contribution in [-0.2, 0) is 11.2 Å². The maximum Gasteiger partial charge on any atom is 0.415 e. The van der Waals surface area contributed by atoms with Gasteiger partial charge in [-0.15, -0.1) is 5.73 Å². The molecule has 0 N–H and O–H groups in total. The van der Waals surface area contributed by atoms with Gasteiger partial charge in [0, 0.05) is 9.99 Å². The molecule has 4 heteroatoms. The Morgan fingerprint density at radius 1 is 1.22 bits per heavy atom. The maximum atomic E-state index is 12.2. The van der Waals surface area contributed by atoms with Crippen LogP contribution in [0.3, 0.4) is 0 Å². The highest BCUT2D eigenvalue weighted by atomic mass is 127. The van der Waals surface area contributed by atoms with Crippen LogP contribution in [-0.4, -0.2) is 17.6 Å². The van der Waals surface area contributed by atoms with Crippen molar-refractivity contribution in [1.29, 1.82) is 0 Å². The lowest BCUT2D eigenvalue weighted by molar-refractivity contribution is 0.164. The maximum absolute atomic E-state index is 12.2. The number of carbonyl (C=O) groups excluding carboxylic acids is 1. The molecule has 3 nitrogen and oxygen atoms in total. The lowest BCUT2D eigenvalue weighted by Gasteiger charge is -2.23. The van der Waals surface area contributed by atoms with E-state index in [0.717, 1.165) is 20.4 Å². The third-order valence-electron chi connectivity index (χ3n) is 3.87. The van der Waals surface area contributed by atoms with E-state index < -0.39 is 0 Å². The van der Waals surface area contributed by atoms with Gasteiger partial charge in [0.2, 0.25) is 0 Å². The molecule has 0 saturated carbocycles. The van der Waals surface area contributed by atoms with Gasteiger partial charge in [0.15, 0.2) is 0 Å². The van der Waals surface area contributed by atoms with Crippen LogP contribution in [0.25, 0.3) is 0 Å². The smallest absolute Gasteiger partial charge is 0.415 e. The van der Waals surface area contributed by atoms with E-state index in [1.165, 1.54) is 0 Å². The van der Waals surface area contributed by atoms with Gasteiger partial charge in [-0.3, -0.25) is 4.90 Å². The van der Waals surface area contributed by atoms with Crippen molar-refractivity contribution in [3.8, 4) is 0 Å². The van der Waals surface area contributed by atoms with E-state index in [-0.39, 0.29) is 12.1 Å². The molecule has 2 aromatic rings. The van der Waals surface area contributed by atoms with Crippen molar-refractivity contribution in [2.45, 2.75) is 12.5 Å². The predicted molar refractivity (Wildman–Crippen MR) is 97.9 cm³/mol. The monoisotopic (exact) mass is 417 g/mol. The van der Waals surface area contributed by atoms with Crippen molar-refractivity contribution < 1.29 is 9.53 Å². The molecular formula is C19H16INO2. The molecule has 1 heterocycles. The predicted octanol–water partition coefficient (Wildman–Crippen LogP) is 4.70. The number of benzene rings is 2. The number of cyclic esters (lactones) is 1. The van der Waals surface area contributed by atoms with E-state index in [1.54, 1.807) is 4.90 Å². The zero-order valence-corrected chi connectivity index (χ0v) is 14.7. The summed E-state index contributed by atoms with van der Waals surface area (Å²) in [7, 11) is 0. The molecule has 1 atom stereocenters. The fourth-order valence-corrected chi connectivity index (χ4v) is 3.27. The van der Waals surface area contributed by atoms with Gasteiger partial charge in [-0.2, -0.15) is 0 Å². The van der Waals surface area contributed by atoms with Crippen molar-refractivity contribution in [1.82, 2.24) is 4.90 Å². The molecule has 116 valence electrons. The summed E-state index contributed by atoms with van der Waals surface area (Å²) in [5, 5.41) is 0. The number of ether oxygens (including phenoxy) is 1. The fourth-order valence-electron chi connectivity index (χ4n) is 2.70. The first-order valence-corrected chi connectivity index (χ1v) is 8.42. The minimum atomic E-state index is -0.337. The first-order chi connectivity index (χ1) is 11.2. The number of hydrogen-bond acceptors (Lipinski definition) is 2. The lowest BCUT2D eigenvalue weighted by Crippen LogP contribution is -2.27. The van der Waals surface area contributed by atoms with E-state index in [0.29, 0.717) is 13.0 Å². The highest BCUT2D eigenvalue weighted by molar-refractivity contribution is 14.1. The van der Waals surface area contributed by atoms with Crippen LogP contribution in [0.5, 0.6) is 0 Å². The molecule has 0 aliphatic carbocycles. The Morgan fingerprint density at radius 3 is 2.61 bits per heavy atom. The fraction of sp³-hybridized carbons (Fsp3) is 0.158. The van der Waals surface area contributed by atoms with Crippen molar-refractivity contribution >= 4 is 28.7 Å². The first kappa shape index (κ1) is 15.8. The van der Waals surface area contributed by atoms with Gasteiger partial charge in [-0.05, 0) is 39.8 Å². The topological polar surface area (TPSA) is 29.5 Å². The Balaban J connectivity index is 1.91. The van der Waals surface area contributed by atoms with Gasteiger partial charge in [0.25, 0.3) is 0 Å². The number of halogens is 1. The lowest BCUT2D eigenvalue weighted by atomic mass is 10.0. The summed E-state index contributed by atoms with van der Waals surface area (Å²) in [6, 6.07) is 17.9. The van der Waals surface area contributed by atoms with Crippen LogP contribution in [0.2, 0.25) is 0 Å². The van der Waals surface area contributed by atoms with E-state index in [1.807, 2.05) is 48.5 Å². The Bertz CT molecular complexity index is 766. The largest absolute Gasteiger partial charge is 0.447 e. The summed E-state index contributed by atoms with van der Waals surface area (Å²) >= 11 is 2.30. The zero-order chi connectivity index (χ0) is 16.2. The van der Waals surface area contributed by atoms with Gasteiger partial charge < -0.3 is 4.74 Å². The number of rotatable bonds is 4. The zero-order valence-electron chi connectivity index (χ0n) is 12.5. The Kier molecular flexibility index (Phi) is 4.84. The minimum absolute atomic E-state index is 0.130. The van der Waals surface area contributed by atoms with E-state index in [9.17, 15) is 4.79 Å². The molecule has 1 aliphatic heterocycles. The van der Waals surface area contributed by atoms with Crippen LogP contribution >= 0.6 is 22.6 Å². The molecule has 1 saturated heterocycles. The molecule has 2 aromatic carbocycles. The average Bonchev–Trinajstić information content (AvgIpc) is 2.96. The number of amides is 1. The standard InChI is InChI=1S/C19H16INO2/c1-2-16(12-15-10-6-7-11-17(15)20)21-18(13-23-19(21)22)14-8-4-3-5-9-14/h3-11,18H,1,12-13H2/t18-/m0/s1. The second-order valence-electron chi connectivity index (χ2n) is 5.27. The highest BCUT2D eigenvalue weighted by Gasteiger charge is 2.36. The number of allylic oxidation sites excluding steroid dienone is 1. The van der Waals surface area contributed by atoms with Gasteiger partial charge >= 0.3 is 6.09 Å². The van der Waals surface area contributed by atoms with Gasteiger partial charge in [0.05, 0.1) is 11.7 Å². The minimum Gasteiger partial charge on any atom is -0.447 e. The molecule has 1 fully saturated rings. The SMILES string of the molecule is C=C=C(Cc1ccccc1I)N1C(=O)OC[C@H]1c1ccccc1. The normalized spacial score (nSPS) is 16.8. The molecule has 0 aromatic heterocycles. The summed E-state index contributed by atoms with van der Waals surface area (Å²) in [5.41, 5.74) is 5.87. The molecule has 0 spiro atoms. The third kappa shape index (κ3) is 3.33. The van der Waals surface area contributed by atoms with Crippen molar-refractivity contribution in [3.63, 3.8) is 0 Å². The van der Waals surface area contributed by atoms with Crippen LogP contribution in [0.15, 0.2) is 72.6 Å². The average molecular weight is 417 g/mol. The molecule has 23 heavy (non-hydrogen) atoms. The second-order valence-corrected chi connectivity index (χ2v) is 6.43. The van der Waals surface area contributed by atoms with Crippen LogP contribution in [0.1, 0.15) is 17.2 Å². The van der Waals surface area contributed by atoms with Crippen molar-refractivity contribution in [2.75, 3.05) is 6.61 Å². The molecule has 0 radical (unpaired) electrons. The molecule has 0 unspecified atom stereocenters. The van der Waals surface area contributed by atoms with Crippen LogP contribution in [0, 0.1) is 3.57 Å². The second kappa shape index (κ2) is 7.02. The quantitative estimate of drug-likeness (QED) is 0.534. The van der Waals surface area contributed by atoms with Gasteiger partial charge in [-0.25, -0.2) is 4.79 Å². The molecular weight excluding hydrogens is 401 g/mol.